The number of amides is 1. The molecule has 8 heteroatoms. The van der Waals surface area contributed by atoms with Crippen molar-refractivity contribution < 1.29 is 9.53 Å². The zero-order valence-corrected chi connectivity index (χ0v) is 18.3. The summed E-state index contributed by atoms with van der Waals surface area (Å²) in [6, 6.07) is 6.03. The van der Waals surface area contributed by atoms with Gasteiger partial charge in [0, 0.05) is 42.8 Å². The van der Waals surface area contributed by atoms with Crippen molar-refractivity contribution >= 4 is 17.2 Å². The number of ether oxygens (including phenoxy) is 1. The lowest BCUT2D eigenvalue weighted by Crippen LogP contribution is -2.18. The standard InChI is InChI=1S/C23H30N6O2/c1-3-8-29-22(20(13-24-29)31-15-16-6-9-27(2)14-16)18-7-10-28-19(11-18)12-21(26-28)25-23(30)17-4-5-17/h7,10-13,16-17H,3-6,8-9,14-15H2,1-2H3,(H,25,26,30)/t16-/m1/s1. The number of carbonyl (C=O) groups excluding carboxylic acids is 1. The van der Waals surface area contributed by atoms with Gasteiger partial charge in [-0.25, -0.2) is 4.52 Å². The Morgan fingerprint density at radius 3 is 2.90 bits per heavy atom. The number of fused-ring (bicyclic) bond motifs is 1. The number of rotatable bonds is 8. The highest BCUT2D eigenvalue weighted by Crippen LogP contribution is 2.33. The molecule has 5 rings (SSSR count). The van der Waals surface area contributed by atoms with Gasteiger partial charge >= 0.3 is 0 Å². The van der Waals surface area contributed by atoms with E-state index in [0.717, 1.165) is 61.4 Å². The Morgan fingerprint density at radius 2 is 2.16 bits per heavy atom. The SMILES string of the molecule is CCCn1ncc(OC[C@@H]2CCN(C)C2)c1-c1ccn2nc(NC(=O)C3CC3)cc2c1. The van der Waals surface area contributed by atoms with Crippen LogP contribution in [0.4, 0.5) is 5.82 Å². The Kier molecular flexibility index (Phi) is 5.40. The van der Waals surface area contributed by atoms with E-state index in [-0.39, 0.29) is 11.8 Å². The Bertz CT molecular complexity index is 1080. The molecular formula is C23H30N6O2. The second-order valence-electron chi connectivity index (χ2n) is 8.89. The minimum Gasteiger partial charge on any atom is -0.489 e. The van der Waals surface area contributed by atoms with E-state index < -0.39 is 0 Å². The summed E-state index contributed by atoms with van der Waals surface area (Å²) in [6.07, 6.45) is 7.89. The van der Waals surface area contributed by atoms with Crippen molar-refractivity contribution in [2.45, 2.75) is 39.2 Å². The zero-order chi connectivity index (χ0) is 21.4. The highest BCUT2D eigenvalue weighted by molar-refractivity contribution is 5.93. The van der Waals surface area contributed by atoms with Gasteiger partial charge in [-0.3, -0.25) is 9.48 Å². The van der Waals surface area contributed by atoms with Crippen LogP contribution in [0.3, 0.4) is 0 Å². The second-order valence-corrected chi connectivity index (χ2v) is 8.89. The number of carbonyl (C=O) groups is 1. The van der Waals surface area contributed by atoms with E-state index in [4.69, 9.17) is 4.74 Å². The highest BCUT2D eigenvalue weighted by atomic mass is 16.5. The molecule has 0 spiro atoms. The van der Waals surface area contributed by atoms with Crippen LogP contribution >= 0.6 is 0 Å². The van der Waals surface area contributed by atoms with E-state index in [1.165, 1.54) is 6.42 Å². The average molecular weight is 423 g/mol. The van der Waals surface area contributed by atoms with Crippen LogP contribution in [-0.4, -0.2) is 56.9 Å². The number of aryl methyl sites for hydroxylation is 1. The monoisotopic (exact) mass is 422 g/mol. The minimum atomic E-state index is 0.0675. The summed E-state index contributed by atoms with van der Waals surface area (Å²) >= 11 is 0. The molecule has 1 atom stereocenters. The summed E-state index contributed by atoms with van der Waals surface area (Å²) in [7, 11) is 2.16. The van der Waals surface area contributed by atoms with Crippen molar-refractivity contribution in [2.24, 2.45) is 11.8 Å². The van der Waals surface area contributed by atoms with Gasteiger partial charge < -0.3 is 15.0 Å². The smallest absolute Gasteiger partial charge is 0.228 e. The number of nitrogens with zero attached hydrogens (tertiary/aromatic N) is 5. The van der Waals surface area contributed by atoms with Crippen LogP contribution in [-0.2, 0) is 11.3 Å². The van der Waals surface area contributed by atoms with E-state index >= 15 is 0 Å². The molecule has 2 aliphatic rings. The molecule has 0 radical (unpaired) electrons. The Labute approximate surface area is 182 Å². The van der Waals surface area contributed by atoms with Gasteiger partial charge in [-0.15, -0.1) is 0 Å². The number of hydrogen-bond donors (Lipinski definition) is 1. The maximum Gasteiger partial charge on any atom is 0.228 e. The van der Waals surface area contributed by atoms with E-state index in [0.29, 0.717) is 18.3 Å². The fourth-order valence-corrected chi connectivity index (χ4v) is 4.29. The molecule has 1 amide bonds. The summed E-state index contributed by atoms with van der Waals surface area (Å²) in [5.41, 5.74) is 2.97. The predicted molar refractivity (Wildman–Crippen MR) is 119 cm³/mol. The Hall–Kier alpha value is -2.87. The predicted octanol–water partition coefficient (Wildman–Crippen LogP) is 3.29. The normalized spacial score (nSPS) is 19.2. The van der Waals surface area contributed by atoms with Crippen molar-refractivity contribution in [3.63, 3.8) is 0 Å². The lowest BCUT2D eigenvalue weighted by atomic mass is 10.1. The third kappa shape index (κ3) is 4.30. The van der Waals surface area contributed by atoms with Crippen molar-refractivity contribution in [3.05, 3.63) is 30.6 Å². The van der Waals surface area contributed by atoms with Crippen LogP contribution in [0.2, 0.25) is 0 Å². The third-order valence-electron chi connectivity index (χ3n) is 6.14. The van der Waals surface area contributed by atoms with E-state index in [1.807, 2.05) is 29.2 Å². The molecule has 3 aromatic heterocycles. The second kappa shape index (κ2) is 8.34. The highest BCUT2D eigenvalue weighted by Gasteiger charge is 2.30. The first kappa shape index (κ1) is 20.1. The molecule has 1 N–H and O–H groups in total. The van der Waals surface area contributed by atoms with E-state index in [1.54, 1.807) is 4.52 Å². The summed E-state index contributed by atoms with van der Waals surface area (Å²) in [6.45, 7) is 5.90. The largest absolute Gasteiger partial charge is 0.489 e. The molecule has 31 heavy (non-hydrogen) atoms. The maximum atomic E-state index is 12.1. The first-order valence-electron chi connectivity index (χ1n) is 11.3. The van der Waals surface area contributed by atoms with Crippen LogP contribution in [0.5, 0.6) is 5.75 Å². The van der Waals surface area contributed by atoms with Gasteiger partial charge in [-0.1, -0.05) is 6.92 Å². The summed E-state index contributed by atoms with van der Waals surface area (Å²) in [5, 5.41) is 12.0. The molecule has 1 saturated heterocycles. The van der Waals surface area contributed by atoms with Gasteiger partial charge in [-0.2, -0.15) is 10.2 Å². The summed E-state index contributed by atoms with van der Waals surface area (Å²) in [4.78, 5) is 14.4. The van der Waals surface area contributed by atoms with E-state index in [2.05, 4.69) is 40.5 Å². The van der Waals surface area contributed by atoms with Gasteiger partial charge in [0.25, 0.3) is 0 Å². The van der Waals surface area contributed by atoms with Gasteiger partial charge in [-0.05, 0) is 51.4 Å². The van der Waals surface area contributed by atoms with Crippen LogP contribution in [0, 0.1) is 11.8 Å². The summed E-state index contributed by atoms with van der Waals surface area (Å²) < 4.78 is 10.1. The Morgan fingerprint density at radius 1 is 1.29 bits per heavy atom. The van der Waals surface area contributed by atoms with Crippen LogP contribution in [0.1, 0.15) is 32.6 Å². The van der Waals surface area contributed by atoms with Crippen molar-refractivity contribution in [2.75, 3.05) is 32.1 Å². The number of pyridine rings is 1. The van der Waals surface area contributed by atoms with Crippen molar-refractivity contribution in [1.82, 2.24) is 24.3 Å². The van der Waals surface area contributed by atoms with Crippen molar-refractivity contribution in [1.29, 1.82) is 0 Å². The molecule has 1 saturated carbocycles. The fraction of sp³-hybridized carbons (Fsp3) is 0.522. The zero-order valence-electron chi connectivity index (χ0n) is 18.3. The lowest BCUT2D eigenvalue weighted by Gasteiger charge is -2.14. The van der Waals surface area contributed by atoms with Crippen LogP contribution in [0.25, 0.3) is 16.8 Å². The quantitative estimate of drug-likeness (QED) is 0.603. The van der Waals surface area contributed by atoms with Gasteiger partial charge in [0.2, 0.25) is 5.91 Å². The number of likely N-dealkylation sites (tertiary alicyclic amines) is 1. The first-order valence-corrected chi connectivity index (χ1v) is 11.3. The summed E-state index contributed by atoms with van der Waals surface area (Å²) in [5.74, 6) is 2.20. The minimum absolute atomic E-state index is 0.0675. The number of aromatic nitrogens is 4. The fourth-order valence-electron chi connectivity index (χ4n) is 4.29. The number of anilines is 1. The molecule has 164 valence electrons. The molecule has 0 aromatic carbocycles. The molecule has 4 heterocycles. The van der Waals surface area contributed by atoms with E-state index in [9.17, 15) is 4.79 Å². The van der Waals surface area contributed by atoms with Gasteiger partial charge in [0.05, 0.1) is 18.3 Å². The molecule has 3 aromatic rings. The number of hydrogen-bond acceptors (Lipinski definition) is 5. The van der Waals surface area contributed by atoms with Crippen LogP contribution in [0.15, 0.2) is 30.6 Å². The molecule has 8 nitrogen and oxygen atoms in total. The van der Waals surface area contributed by atoms with Gasteiger partial charge in [0.15, 0.2) is 11.6 Å². The Balaban J connectivity index is 1.40. The van der Waals surface area contributed by atoms with Gasteiger partial charge in [0.1, 0.15) is 5.69 Å². The van der Waals surface area contributed by atoms with Crippen LogP contribution < -0.4 is 10.1 Å². The molecular weight excluding hydrogens is 392 g/mol. The van der Waals surface area contributed by atoms with Crippen molar-refractivity contribution in [3.8, 4) is 17.0 Å². The molecule has 0 unspecified atom stereocenters. The third-order valence-corrected chi connectivity index (χ3v) is 6.14. The molecule has 2 fully saturated rings. The molecule has 1 aliphatic carbocycles. The molecule has 0 bridgehead atoms. The molecule has 1 aliphatic heterocycles. The lowest BCUT2D eigenvalue weighted by molar-refractivity contribution is -0.117. The number of nitrogens with one attached hydrogen (secondary N) is 1. The topological polar surface area (TPSA) is 76.7 Å². The first-order chi connectivity index (χ1) is 15.1. The maximum absolute atomic E-state index is 12.1. The average Bonchev–Trinajstić information content (AvgIpc) is 3.23.